The van der Waals surface area contributed by atoms with Crippen molar-refractivity contribution in [3.8, 4) is 17.0 Å². The topological polar surface area (TPSA) is 85.4 Å². The molecule has 0 radical (unpaired) electrons. The van der Waals surface area contributed by atoms with Crippen LogP contribution in [-0.4, -0.2) is 37.9 Å². The maximum atomic E-state index is 12.2. The monoisotopic (exact) mass is 404 g/mol. The number of rotatable bonds is 7. The molecule has 1 aromatic carbocycles. The van der Waals surface area contributed by atoms with Gasteiger partial charge < -0.3 is 10.1 Å². The Balaban J connectivity index is 2.12. The van der Waals surface area contributed by atoms with Crippen LogP contribution in [0.15, 0.2) is 24.3 Å². The van der Waals surface area contributed by atoms with E-state index in [1.165, 1.54) is 30.4 Å². The highest BCUT2D eigenvalue weighted by molar-refractivity contribution is 7.90. The van der Waals surface area contributed by atoms with Gasteiger partial charge >= 0.3 is 6.61 Å². The second-order valence-electron chi connectivity index (χ2n) is 5.81. The standard InChI is InChI=1S/C16H18F2N2O4S2/c1-9(8-26(3,22)23)14(21)20-16-19-13(10(2)25-16)11-4-6-12(7-5-11)24-15(17)18/h4-7,9,15H,8H2,1-3H3,(H,19,20,21). The van der Waals surface area contributed by atoms with Gasteiger partial charge in [-0.3, -0.25) is 4.79 Å². The van der Waals surface area contributed by atoms with E-state index in [0.29, 0.717) is 16.4 Å². The molecule has 2 rings (SSSR count). The first-order valence-electron chi connectivity index (χ1n) is 7.56. The predicted octanol–water partition coefficient (Wildman–Crippen LogP) is 3.34. The molecule has 0 aliphatic heterocycles. The van der Waals surface area contributed by atoms with E-state index in [-0.39, 0.29) is 11.5 Å². The third-order valence-corrected chi connectivity index (χ3v) is 5.37. The van der Waals surface area contributed by atoms with Crippen LogP contribution in [0.4, 0.5) is 13.9 Å². The quantitative estimate of drug-likeness (QED) is 0.765. The highest BCUT2D eigenvalue weighted by Crippen LogP contribution is 2.31. The summed E-state index contributed by atoms with van der Waals surface area (Å²) >= 11 is 1.24. The minimum atomic E-state index is -3.26. The fraction of sp³-hybridized carbons (Fsp3) is 0.375. The lowest BCUT2D eigenvalue weighted by molar-refractivity contribution is -0.118. The Morgan fingerprint density at radius 3 is 2.46 bits per heavy atom. The molecule has 0 bridgehead atoms. The molecule has 1 amide bonds. The lowest BCUT2D eigenvalue weighted by Gasteiger charge is -2.08. The number of carbonyl (C=O) groups is 1. The molecular formula is C16H18F2N2O4S2. The number of thiazole rings is 1. The fourth-order valence-electron chi connectivity index (χ4n) is 2.27. The zero-order chi connectivity index (χ0) is 19.5. The Morgan fingerprint density at radius 2 is 1.92 bits per heavy atom. The van der Waals surface area contributed by atoms with E-state index in [1.807, 2.05) is 6.92 Å². The highest BCUT2D eigenvalue weighted by atomic mass is 32.2. The Hall–Kier alpha value is -2.07. The average Bonchev–Trinajstić information content (AvgIpc) is 2.86. The van der Waals surface area contributed by atoms with Gasteiger partial charge in [0.15, 0.2) is 5.13 Å². The number of aryl methyl sites for hydroxylation is 1. The van der Waals surface area contributed by atoms with Gasteiger partial charge in [0.05, 0.1) is 11.4 Å². The Bertz CT molecular complexity index is 880. The number of hydrogen-bond acceptors (Lipinski definition) is 6. The van der Waals surface area contributed by atoms with Crippen LogP contribution < -0.4 is 10.1 Å². The van der Waals surface area contributed by atoms with Crippen LogP contribution in [0, 0.1) is 12.8 Å². The molecule has 0 aliphatic rings. The number of aromatic nitrogens is 1. The van der Waals surface area contributed by atoms with Crippen molar-refractivity contribution in [3.05, 3.63) is 29.1 Å². The molecular weight excluding hydrogens is 386 g/mol. The molecule has 26 heavy (non-hydrogen) atoms. The summed E-state index contributed by atoms with van der Waals surface area (Å²) in [6.07, 6.45) is 1.07. The number of hydrogen-bond donors (Lipinski definition) is 1. The molecule has 1 N–H and O–H groups in total. The molecule has 1 unspecified atom stereocenters. The molecule has 0 saturated carbocycles. The SMILES string of the molecule is Cc1sc(NC(=O)C(C)CS(C)(=O)=O)nc1-c1ccc(OC(F)F)cc1. The largest absolute Gasteiger partial charge is 0.435 e. The van der Waals surface area contributed by atoms with Crippen molar-refractivity contribution < 1.29 is 26.7 Å². The van der Waals surface area contributed by atoms with E-state index >= 15 is 0 Å². The molecule has 1 heterocycles. The summed E-state index contributed by atoms with van der Waals surface area (Å²) in [6.45, 7) is 0.448. The van der Waals surface area contributed by atoms with Crippen LogP contribution in [0.2, 0.25) is 0 Å². The van der Waals surface area contributed by atoms with Crippen molar-refractivity contribution in [3.63, 3.8) is 0 Å². The van der Waals surface area contributed by atoms with Crippen LogP contribution in [0.3, 0.4) is 0 Å². The average molecular weight is 404 g/mol. The maximum Gasteiger partial charge on any atom is 0.387 e. The minimum absolute atomic E-state index is 0.0414. The van der Waals surface area contributed by atoms with Gasteiger partial charge in [-0.15, -0.1) is 11.3 Å². The van der Waals surface area contributed by atoms with Crippen LogP contribution in [0.25, 0.3) is 11.3 Å². The van der Waals surface area contributed by atoms with E-state index in [4.69, 9.17) is 0 Å². The summed E-state index contributed by atoms with van der Waals surface area (Å²) in [6, 6.07) is 6.01. The fourth-order valence-corrected chi connectivity index (χ4v) is 4.17. The second kappa shape index (κ2) is 8.09. The lowest BCUT2D eigenvalue weighted by Crippen LogP contribution is -2.26. The molecule has 6 nitrogen and oxygen atoms in total. The van der Waals surface area contributed by atoms with Crippen LogP contribution >= 0.6 is 11.3 Å². The number of nitrogens with zero attached hydrogens (tertiary/aromatic N) is 1. The number of carbonyl (C=O) groups excluding carboxylic acids is 1. The van der Waals surface area contributed by atoms with Gasteiger partial charge in [-0.2, -0.15) is 8.78 Å². The first-order chi connectivity index (χ1) is 12.0. The van der Waals surface area contributed by atoms with Gasteiger partial charge in [-0.05, 0) is 31.2 Å². The number of amides is 1. The minimum Gasteiger partial charge on any atom is -0.435 e. The molecule has 10 heteroatoms. The Labute approximate surface area is 154 Å². The van der Waals surface area contributed by atoms with Crippen molar-refractivity contribution >= 4 is 32.2 Å². The van der Waals surface area contributed by atoms with Crippen molar-refractivity contribution in [1.82, 2.24) is 4.98 Å². The van der Waals surface area contributed by atoms with Crippen molar-refractivity contribution in [2.24, 2.45) is 5.92 Å². The molecule has 142 valence electrons. The van der Waals surface area contributed by atoms with Gasteiger partial charge in [-0.25, -0.2) is 13.4 Å². The molecule has 0 fully saturated rings. The van der Waals surface area contributed by atoms with Crippen molar-refractivity contribution in [1.29, 1.82) is 0 Å². The highest BCUT2D eigenvalue weighted by Gasteiger charge is 2.20. The van der Waals surface area contributed by atoms with E-state index < -0.39 is 28.3 Å². The van der Waals surface area contributed by atoms with Crippen molar-refractivity contribution in [2.75, 3.05) is 17.3 Å². The molecule has 1 aromatic heterocycles. The Morgan fingerprint density at radius 1 is 1.31 bits per heavy atom. The van der Waals surface area contributed by atoms with Crippen LogP contribution in [0.1, 0.15) is 11.8 Å². The summed E-state index contributed by atoms with van der Waals surface area (Å²) in [5, 5.41) is 2.96. The number of halogens is 2. The van der Waals surface area contributed by atoms with E-state index in [2.05, 4.69) is 15.0 Å². The number of nitrogens with one attached hydrogen (secondary N) is 1. The third kappa shape index (κ3) is 5.73. The number of sulfone groups is 1. The zero-order valence-corrected chi connectivity index (χ0v) is 16.0. The summed E-state index contributed by atoms with van der Waals surface area (Å²) in [5.41, 5.74) is 1.29. The molecule has 0 aliphatic carbocycles. The Kier molecular flexibility index (Phi) is 6.30. The lowest BCUT2D eigenvalue weighted by atomic mass is 10.1. The van der Waals surface area contributed by atoms with E-state index in [9.17, 15) is 22.0 Å². The molecule has 0 saturated heterocycles. The third-order valence-electron chi connectivity index (χ3n) is 3.38. The zero-order valence-electron chi connectivity index (χ0n) is 14.3. The second-order valence-corrected chi connectivity index (χ2v) is 9.20. The maximum absolute atomic E-state index is 12.2. The first kappa shape index (κ1) is 20.2. The first-order valence-corrected chi connectivity index (χ1v) is 10.4. The van der Waals surface area contributed by atoms with Gasteiger partial charge in [0.1, 0.15) is 15.6 Å². The number of alkyl halides is 2. The summed E-state index contributed by atoms with van der Waals surface area (Å²) in [4.78, 5) is 17.3. The summed E-state index contributed by atoms with van der Waals surface area (Å²) in [7, 11) is -3.26. The van der Waals surface area contributed by atoms with E-state index in [0.717, 1.165) is 11.1 Å². The number of ether oxygens (including phenoxy) is 1. The van der Waals surface area contributed by atoms with Gasteiger partial charge in [-0.1, -0.05) is 6.92 Å². The molecule has 2 aromatic rings. The van der Waals surface area contributed by atoms with Crippen LogP contribution in [0.5, 0.6) is 5.75 Å². The molecule has 1 atom stereocenters. The van der Waals surface area contributed by atoms with Crippen molar-refractivity contribution in [2.45, 2.75) is 20.5 Å². The summed E-state index contributed by atoms with van der Waals surface area (Å²) < 4.78 is 51.3. The number of benzene rings is 1. The molecule has 0 spiro atoms. The number of anilines is 1. The van der Waals surface area contributed by atoms with Gasteiger partial charge in [0, 0.05) is 22.6 Å². The normalized spacial score (nSPS) is 12.8. The van der Waals surface area contributed by atoms with Crippen LogP contribution in [-0.2, 0) is 14.6 Å². The van der Waals surface area contributed by atoms with E-state index in [1.54, 1.807) is 12.1 Å². The predicted molar refractivity (Wildman–Crippen MR) is 96.4 cm³/mol. The van der Waals surface area contributed by atoms with Gasteiger partial charge in [0.25, 0.3) is 0 Å². The smallest absolute Gasteiger partial charge is 0.387 e. The van der Waals surface area contributed by atoms with Gasteiger partial charge in [0.2, 0.25) is 5.91 Å². The summed E-state index contributed by atoms with van der Waals surface area (Å²) in [5.74, 6) is -1.35.